The van der Waals surface area contributed by atoms with E-state index in [1.165, 1.54) is 10.9 Å². The number of pyridine rings is 1. The monoisotopic (exact) mass is 429 g/mol. The molecule has 164 valence electrons. The zero-order valence-electron chi connectivity index (χ0n) is 17.3. The van der Waals surface area contributed by atoms with Crippen molar-refractivity contribution < 1.29 is 19.0 Å². The third-order valence-corrected chi connectivity index (χ3v) is 6.72. The summed E-state index contributed by atoms with van der Waals surface area (Å²) >= 11 is 0. The van der Waals surface area contributed by atoms with E-state index in [0.29, 0.717) is 25.0 Å². The first-order valence-electron chi connectivity index (χ1n) is 10.2. The Kier molecular flexibility index (Phi) is 4.37. The lowest BCUT2D eigenvalue weighted by atomic mass is 9.83. The summed E-state index contributed by atoms with van der Waals surface area (Å²) in [6.07, 6.45) is 6.48. The highest BCUT2D eigenvalue weighted by molar-refractivity contribution is 6.03. The molecule has 2 aliphatic heterocycles. The van der Waals surface area contributed by atoms with Crippen LogP contribution >= 0.6 is 0 Å². The number of fused-ring (bicyclic) bond motifs is 1. The molecule has 1 aromatic heterocycles. The summed E-state index contributed by atoms with van der Waals surface area (Å²) < 4.78 is 23.1. The van der Waals surface area contributed by atoms with Crippen molar-refractivity contribution in [2.24, 2.45) is 11.8 Å². The maximum absolute atomic E-state index is 15.7. The molecule has 1 saturated heterocycles. The lowest BCUT2D eigenvalue weighted by Gasteiger charge is -2.34. The zero-order valence-corrected chi connectivity index (χ0v) is 17.3. The van der Waals surface area contributed by atoms with Crippen molar-refractivity contribution in [3.05, 3.63) is 40.0 Å². The van der Waals surface area contributed by atoms with Crippen molar-refractivity contribution in [1.82, 2.24) is 9.99 Å². The number of halogens is 1. The molecule has 0 saturated carbocycles. The summed E-state index contributed by atoms with van der Waals surface area (Å²) in [5.74, 6) is -1.35. The number of aromatic nitrogens is 1. The van der Waals surface area contributed by atoms with Crippen LogP contribution in [-0.4, -0.2) is 55.7 Å². The number of nitrogens with one attached hydrogen (secondary N) is 1. The van der Waals surface area contributed by atoms with Crippen molar-refractivity contribution in [2.75, 3.05) is 49.6 Å². The first kappa shape index (κ1) is 19.7. The highest BCUT2D eigenvalue weighted by atomic mass is 19.1. The van der Waals surface area contributed by atoms with E-state index in [1.807, 2.05) is 11.9 Å². The minimum Gasteiger partial charge on any atom is -0.477 e. The second-order valence-electron chi connectivity index (χ2n) is 8.37. The lowest BCUT2D eigenvalue weighted by Crippen LogP contribution is -2.40. The Morgan fingerprint density at radius 1 is 1.39 bits per heavy atom. The number of hydrogen-bond donors (Lipinski definition) is 3. The normalized spacial score (nSPS) is 24.4. The molecule has 1 fully saturated rings. The van der Waals surface area contributed by atoms with Gasteiger partial charge in [0.25, 0.3) is 0 Å². The second-order valence-corrected chi connectivity index (χ2v) is 8.37. The third kappa shape index (κ3) is 2.71. The molecule has 2 aromatic rings. The van der Waals surface area contributed by atoms with Crippen molar-refractivity contribution in [1.29, 1.82) is 0 Å². The summed E-state index contributed by atoms with van der Waals surface area (Å²) in [5.41, 5.74) is 4.97. The standard InChI is InChI=1S/C21H24FN5O4/c1-24-13-5-3-4-10-6-26(7-11(10)13)18-15(22)16(23)14-17-20(18)31-9-25(2)27(17)8-12(19(14)28)21(29)30/h3-4,8,10-11,13,24H,5-7,9,23H2,1-2H3,(H,29,30)/t10?,11-,13+/m1/s1. The number of carboxylic acids is 1. The number of carboxylic acid groups (broad SMARTS) is 1. The molecule has 3 aliphatic rings. The third-order valence-electron chi connectivity index (χ3n) is 6.72. The molecule has 0 bridgehead atoms. The number of nitrogen functional groups attached to an aromatic ring is 1. The fourth-order valence-electron chi connectivity index (χ4n) is 5.15. The molecule has 5 rings (SSSR count). The molecule has 0 amide bonds. The number of aromatic carboxylic acids is 1. The van der Waals surface area contributed by atoms with E-state index >= 15 is 4.39 Å². The van der Waals surface area contributed by atoms with E-state index in [9.17, 15) is 14.7 Å². The van der Waals surface area contributed by atoms with E-state index in [0.717, 1.165) is 6.42 Å². The van der Waals surface area contributed by atoms with Gasteiger partial charge in [-0.3, -0.25) is 14.5 Å². The fourth-order valence-corrected chi connectivity index (χ4v) is 5.15. The van der Waals surface area contributed by atoms with Crippen LogP contribution in [-0.2, 0) is 0 Å². The molecule has 1 aliphatic carbocycles. The second kappa shape index (κ2) is 6.88. The topological polar surface area (TPSA) is 113 Å². The average Bonchev–Trinajstić information content (AvgIpc) is 3.17. The van der Waals surface area contributed by atoms with Crippen LogP contribution in [0, 0.1) is 17.7 Å². The Morgan fingerprint density at radius 2 is 2.16 bits per heavy atom. The van der Waals surface area contributed by atoms with Gasteiger partial charge in [-0.05, 0) is 19.4 Å². The van der Waals surface area contributed by atoms with Gasteiger partial charge in [0, 0.05) is 38.3 Å². The predicted molar refractivity (Wildman–Crippen MR) is 115 cm³/mol. The van der Waals surface area contributed by atoms with Crippen LogP contribution < -0.4 is 31.1 Å². The SMILES string of the molecule is CN[C@H]1CC=CC2CN(c3c(F)c(N)c4c(=O)c(C(=O)O)cn5c4c3OCN5C)C[C@H]21. The smallest absolute Gasteiger partial charge is 0.341 e. The average molecular weight is 429 g/mol. The number of benzene rings is 1. The largest absolute Gasteiger partial charge is 0.477 e. The molecule has 4 N–H and O–H groups in total. The van der Waals surface area contributed by atoms with Gasteiger partial charge >= 0.3 is 5.97 Å². The molecule has 3 heterocycles. The van der Waals surface area contributed by atoms with Crippen molar-refractivity contribution in [3.8, 4) is 5.75 Å². The van der Waals surface area contributed by atoms with Gasteiger partial charge in [0.05, 0.1) is 11.1 Å². The number of hydrogen-bond acceptors (Lipinski definition) is 7. The summed E-state index contributed by atoms with van der Waals surface area (Å²) in [7, 11) is 3.62. The van der Waals surface area contributed by atoms with Crippen LogP contribution in [0.25, 0.3) is 10.9 Å². The van der Waals surface area contributed by atoms with Crippen molar-refractivity contribution in [2.45, 2.75) is 12.5 Å². The lowest BCUT2D eigenvalue weighted by molar-refractivity contribution is 0.0694. The number of nitrogens with two attached hydrogens (primary N) is 1. The Morgan fingerprint density at radius 3 is 2.87 bits per heavy atom. The first-order chi connectivity index (χ1) is 14.8. The van der Waals surface area contributed by atoms with Crippen LogP contribution in [0.15, 0.2) is 23.1 Å². The summed E-state index contributed by atoms with van der Waals surface area (Å²) in [6, 6.07) is 0.292. The van der Waals surface area contributed by atoms with E-state index in [1.54, 1.807) is 12.1 Å². The summed E-state index contributed by atoms with van der Waals surface area (Å²) in [5, 5.41) is 14.2. The maximum atomic E-state index is 15.7. The fraction of sp³-hybridized carbons (Fsp3) is 0.429. The Labute approximate surface area is 177 Å². The van der Waals surface area contributed by atoms with Gasteiger partial charge in [0.15, 0.2) is 18.3 Å². The Balaban J connectivity index is 1.74. The molecule has 0 radical (unpaired) electrons. The summed E-state index contributed by atoms with van der Waals surface area (Å²) in [6.45, 7) is 1.29. The molecule has 3 atom stereocenters. The van der Waals surface area contributed by atoms with E-state index < -0.39 is 22.8 Å². The van der Waals surface area contributed by atoms with Crippen LogP contribution in [0.5, 0.6) is 5.75 Å². The van der Waals surface area contributed by atoms with Gasteiger partial charge in [-0.15, -0.1) is 0 Å². The van der Waals surface area contributed by atoms with Crippen LogP contribution in [0.3, 0.4) is 0 Å². The quantitative estimate of drug-likeness (QED) is 0.488. The molecule has 31 heavy (non-hydrogen) atoms. The zero-order chi connectivity index (χ0) is 22.0. The minimum atomic E-state index is -1.39. The maximum Gasteiger partial charge on any atom is 0.341 e. The van der Waals surface area contributed by atoms with Crippen LogP contribution in [0.2, 0.25) is 0 Å². The van der Waals surface area contributed by atoms with Gasteiger partial charge in [0.2, 0.25) is 5.43 Å². The molecule has 0 spiro atoms. The van der Waals surface area contributed by atoms with Gasteiger partial charge < -0.3 is 25.8 Å². The first-order valence-corrected chi connectivity index (χ1v) is 10.2. The van der Waals surface area contributed by atoms with Gasteiger partial charge in [-0.25, -0.2) is 9.18 Å². The molecule has 1 unspecified atom stereocenters. The molecular formula is C21H24FN5O4. The van der Waals surface area contributed by atoms with Gasteiger partial charge in [-0.2, -0.15) is 0 Å². The number of ether oxygens (including phenoxy) is 1. The van der Waals surface area contributed by atoms with Crippen LogP contribution in [0.4, 0.5) is 15.8 Å². The number of rotatable bonds is 3. The molecule has 1 aromatic carbocycles. The molecule has 9 nitrogen and oxygen atoms in total. The highest BCUT2D eigenvalue weighted by Crippen LogP contribution is 2.46. The van der Waals surface area contributed by atoms with Crippen LogP contribution in [0.1, 0.15) is 16.8 Å². The molecule has 10 heteroatoms. The Bertz CT molecular complexity index is 1190. The summed E-state index contributed by atoms with van der Waals surface area (Å²) in [4.78, 5) is 26.4. The van der Waals surface area contributed by atoms with Gasteiger partial charge in [-0.1, -0.05) is 12.2 Å². The number of anilines is 2. The minimum absolute atomic E-state index is 0.0696. The molecular weight excluding hydrogens is 405 g/mol. The van der Waals surface area contributed by atoms with E-state index in [-0.39, 0.29) is 40.7 Å². The number of nitrogens with zero attached hydrogens (tertiary/aromatic N) is 3. The van der Waals surface area contributed by atoms with Gasteiger partial charge in [0.1, 0.15) is 16.8 Å². The van der Waals surface area contributed by atoms with Crippen molar-refractivity contribution in [3.63, 3.8) is 0 Å². The predicted octanol–water partition coefficient (Wildman–Crippen LogP) is 0.939. The van der Waals surface area contributed by atoms with Crippen molar-refractivity contribution >= 4 is 28.2 Å². The highest BCUT2D eigenvalue weighted by Gasteiger charge is 2.41. The van der Waals surface area contributed by atoms with E-state index in [2.05, 4.69) is 17.5 Å². The van der Waals surface area contributed by atoms with E-state index in [4.69, 9.17) is 10.5 Å². The number of carbonyl (C=O) groups is 1. The Hall–Kier alpha value is -3.27.